The molecule has 1 aliphatic rings. The van der Waals surface area contributed by atoms with E-state index in [1.165, 1.54) is 16.8 Å². The van der Waals surface area contributed by atoms with E-state index in [9.17, 15) is 0 Å². The Morgan fingerprint density at radius 1 is 1.19 bits per heavy atom. The van der Waals surface area contributed by atoms with E-state index in [1.54, 1.807) is 0 Å². The minimum atomic E-state index is 0.367. The molecule has 1 aliphatic heterocycles. The van der Waals surface area contributed by atoms with Crippen molar-refractivity contribution in [2.45, 2.75) is 46.2 Å². The monoisotopic (exact) mass is 348 g/mol. The van der Waals surface area contributed by atoms with Crippen LogP contribution in [0.4, 0.5) is 0 Å². The van der Waals surface area contributed by atoms with E-state index in [-0.39, 0.29) is 0 Å². The van der Waals surface area contributed by atoms with Gasteiger partial charge < -0.3 is 4.52 Å². The smallest absolute Gasteiger partial charge is 0.171 e. The Kier molecular flexibility index (Phi) is 4.55. The highest BCUT2D eigenvalue weighted by atomic mass is 16.5. The first kappa shape index (κ1) is 16.9. The highest BCUT2D eigenvalue weighted by Gasteiger charge is 2.23. The number of aromatic nitrogens is 3. The summed E-state index contributed by atoms with van der Waals surface area (Å²) in [6.45, 7) is 8.96. The molecule has 0 fully saturated rings. The van der Waals surface area contributed by atoms with Crippen molar-refractivity contribution in [3.63, 3.8) is 0 Å². The number of fused-ring (bicyclic) bond motifs is 1. The summed E-state index contributed by atoms with van der Waals surface area (Å²) < 4.78 is 5.63. The molecule has 0 aliphatic carbocycles. The third-order valence-corrected chi connectivity index (χ3v) is 4.95. The largest absolute Gasteiger partial charge is 0.356 e. The molecule has 0 N–H and O–H groups in total. The van der Waals surface area contributed by atoms with Crippen molar-refractivity contribution in [1.82, 2.24) is 20.0 Å². The Morgan fingerprint density at radius 3 is 2.77 bits per heavy atom. The van der Waals surface area contributed by atoms with Gasteiger partial charge in [-0.2, -0.15) is 0 Å². The first-order chi connectivity index (χ1) is 12.6. The quantitative estimate of drug-likeness (QED) is 0.710. The topological polar surface area (TPSA) is 55.1 Å². The fourth-order valence-corrected chi connectivity index (χ4v) is 3.42. The normalized spacial score (nSPS) is 14.6. The summed E-state index contributed by atoms with van der Waals surface area (Å²) in [5.74, 6) is 2.19. The van der Waals surface area contributed by atoms with Crippen LogP contribution in [0.25, 0.3) is 11.3 Å². The van der Waals surface area contributed by atoms with E-state index < -0.39 is 0 Å². The standard InChI is InChI=1S/C21H24N4O/c1-14(2)21-22-11-17-12-25(10-9-19(17)23-21)13-18-15(3)24-26-20(18)16-7-5-4-6-8-16/h4-8,11,14H,9-10,12-13H2,1-3H3. The number of rotatable bonds is 4. The molecule has 134 valence electrons. The Hall–Kier alpha value is -2.53. The van der Waals surface area contributed by atoms with Crippen molar-refractivity contribution in [2.75, 3.05) is 6.54 Å². The number of benzene rings is 1. The maximum atomic E-state index is 5.63. The van der Waals surface area contributed by atoms with Gasteiger partial charge >= 0.3 is 0 Å². The summed E-state index contributed by atoms with van der Waals surface area (Å²) in [7, 11) is 0. The molecular formula is C21H24N4O. The third-order valence-electron chi connectivity index (χ3n) is 4.95. The van der Waals surface area contributed by atoms with Gasteiger partial charge in [-0.1, -0.05) is 49.3 Å². The molecule has 0 radical (unpaired) electrons. The lowest BCUT2D eigenvalue weighted by Crippen LogP contribution is -2.31. The highest BCUT2D eigenvalue weighted by molar-refractivity contribution is 5.61. The molecule has 4 rings (SSSR count). The molecular weight excluding hydrogens is 324 g/mol. The summed E-state index contributed by atoms with van der Waals surface area (Å²) in [6.07, 6.45) is 2.96. The second-order valence-electron chi connectivity index (χ2n) is 7.26. The molecule has 26 heavy (non-hydrogen) atoms. The van der Waals surface area contributed by atoms with Gasteiger partial charge in [-0.05, 0) is 6.92 Å². The van der Waals surface area contributed by atoms with Crippen molar-refractivity contribution < 1.29 is 4.52 Å². The summed E-state index contributed by atoms with van der Waals surface area (Å²) in [6, 6.07) is 10.2. The average molecular weight is 348 g/mol. The molecule has 1 aromatic carbocycles. The Balaban J connectivity index is 1.56. The van der Waals surface area contributed by atoms with E-state index >= 15 is 0 Å². The lowest BCUT2D eigenvalue weighted by atomic mass is 10.0. The lowest BCUT2D eigenvalue weighted by Gasteiger charge is -2.28. The average Bonchev–Trinajstić information content (AvgIpc) is 3.02. The molecule has 2 aromatic heterocycles. The number of hydrogen-bond acceptors (Lipinski definition) is 5. The zero-order valence-electron chi connectivity index (χ0n) is 15.6. The molecule has 0 bridgehead atoms. The summed E-state index contributed by atoms with van der Waals surface area (Å²) in [4.78, 5) is 11.7. The summed E-state index contributed by atoms with van der Waals surface area (Å²) in [5.41, 5.74) is 5.63. The zero-order valence-corrected chi connectivity index (χ0v) is 15.6. The van der Waals surface area contributed by atoms with E-state index in [2.05, 4.69) is 41.0 Å². The van der Waals surface area contributed by atoms with Crippen LogP contribution in [-0.2, 0) is 19.5 Å². The molecule has 3 heterocycles. The van der Waals surface area contributed by atoms with Crippen LogP contribution in [0.2, 0.25) is 0 Å². The van der Waals surface area contributed by atoms with Crippen molar-refractivity contribution in [1.29, 1.82) is 0 Å². The highest BCUT2D eigenvalue weighted by Crippen LogP contribution is 2.29. The van der Waals surface area contributed by atoms with Crippen LogP contribution in [0.1, 0.15) is 48.1 Å². The van der Waals surface area contributed by atoms with Crippen LogP contribution in [0, 0.1) is 6.92 Å². The van der Waals surface area contributed by atoms with Crippen LogP contribution in [-0.4, -0.2) is 26.6 Å². The second-order valence-corrected chi connectivity index (χ2v) is 7.26. The predicted molar refractivity (Wildman–Crippen MR) is 101 cm³/mol. The van der Waals surface area contributed by atoms with Gasteiger partial charge in [0.05, 0.1) is 5.69 Å². The SMILES string of the molecule is Cc1noc(-c2ccccc2)c1CN1CCc2nc(C(C)C)ncc2C1. The lowest BCUT2D eigenvalue weighted by molar-refractivity contribution is 0.242. The molecule has 0 atom stereocenters. The third kappa shape index (κ3) is 3.27. The molecule has 5 nitrogen and oxygen atoms in total. The van der Waals surface area contributed by atoms with Crippen molar-refractivity contribution in [2.24, 2.45) is 0 Å². The van der Waals surface area contributed by atoms with E-state index in [1.807, 2.05) is 31.3 Å². The van der Waals surface area contributed by atoms with E-state index in [4.69, 9.17) is 9.51 Å². The van der Waals surface area contributed by atoms with Crippen molar-refractivity contribution >= 4 is 0 Å². The van der Waals surface area contributed by atoms with Crippen LogP contribution in [0.5, 0.6) is 0 Å². The molecule has 0 unspecified atom stereocenters. The molecule has 0 spiro atoms. The van der Waals surface area contributed by atoms with Gasteiger partial charge in [-0.3, -0.25) is 4.90 Å². The van der Waals surface area contributed by atoms with Gasteiger partial charge in [0.1, 0.15) is 5.82 Å². The maximum absolute atomic E-state index is 5.63. The van der Waals surface area contributed by atoms with E-state index in [0.29, 0.717) is 5.92 Å². The summed E-state index contributed by atoms with van der Waals surface area (Å²) in [5, 5.41) is 4.21. The van der Waals surface area contributed by atoms with Gasteiger partial charge in [0.2, 0.25) is 0 Å². The van der Waals surface area contributed by atoms with Crippen LogP contribution >= 0.6 is 0 Å². The molecule has 3 aromatic rings. The van der Waals surface area contributed by atoms with Crippen molar-refractivity contribution in [3.05, 3.63) is 64.9 Å². The number of hydrogen-bond donors (Lipinski definition) is 0. The maximum Gasteiger partial charge on any atom is 0.171 e. The second kappa shape index (κ2) is 7.00. The van der Waals surface area contributed by atoms with Gasteiger partial charge in [0.25, 0.3) is 0 Å². The Bertz CT molecular complexity index is 902. The predicted octanol–water partition coefficient (Wildman–Crippen LogP) is 4.12. The fourth-order valence-electron chi connectivity index (χ4n) is 3.42. The van der Waals surface area contributed by atoms with Crippen LogP contribution in [0.3, 0.4) is 0 Å². The van der Waals surface area contributed by atoms with Gasteiger partial charge in [-0.25, -0.2) is 9.97 Å². The van der Waals surface area contributed by atoms with Crippen LogP contribution < -0.4 is 0 Å². The Morgan fingerprint density at radius 2 is 2.00 bits per heavy atom. The first-order valence-corrected chi connectivity index (χ1v) is 9.19. The minimum absolute atomic E-state index is 0.367. The molecule has 0 saturated heterocycles. The molecule has 0 saturated carbocycles. The van der Waals surface area contributed by atoms with Gasteiger partial charge in [0.15, 0.2) is 5.76 Å². The fraction of sp³-hybridized carbons (Fsp3) is 0.381. The van der Waals surface area contributed by atoms with Gasteiger partial charge in [0, 0.05) is 60.6 Å². The van der Waals surface area contributed by atoms with E-state index in [0.717, 1.165) is 48.9 Å². The van der Waals surface area contributed by atoms with Gasteiger partial charge in [-0.15, -0.1) is 0 Å². The number of aryl methyl sites for hydroxylation is 1. The van der Waals surface area contributed by atoms with Crippen LogP contribution in [0.15, 0.2) is 41.1 Å². The molecule has 5 heteroatoms. The number of nitrogens with zero attached hydrogens (tertiary/aromatic N) is 4. The Labute approximate surface area is 154 Å². The minimum Gasteiger partial charge on any atom is -0.356 e. The zero-order chi connectivity index (χ0) is 18.1. The first-order valence-electron chi connectivity index (χ1n) is 9.19. The summed E-state index contributed by atoms with van der Waals surface area (Å²) >= 11 is 0. The van der Waals surface area contributed by atoms with Crippen molar-refractivity contribution in [3.8, 4) is 11.3 Å². The molecule has 0 amide bonds.